The molecule has 3 unspecified atom stereocenters. The summed E-state index contributed by atoms with van der Waals surface area (Å²) in [4.78, 5) is 28.0. The molecule has 0 radical (unpaired) electrons. The number of sulfone groups is 1. The zero-order valence-electron chi connectivity index (χ0n) is 16.8. The molecule has 0 aliphatic carbocycles. The van der Waals surface area contributed by atoms with Crippen LogP contribution in [0, 0.1) is 0 Å². The monoisotopic (exact) mass is 442 g/mol. The first kappa shape index (κ1) is 21.2. The van der Waals surface area contributed by atoms with Crippen LogP contribution in [0.5, 0.6) is 0 Å². The van der Waals surface area contributed by atoms with E-state index < -0.39 is 38.1 Å². The Morgan fingerprint density at radius 3 is 2.37 bits per heavy atom. The molecule has 2 bridgehead atoms. The van der Waals surface area contributed by atoms with Crippen LogP contribution in [0.15, 0.2) is 29.2 Å². The molecule has 3 heterocycles. The lowest BCUT2D eigenvalue weighted by molar-refractivity contribution is -0.190. The van der Waals surface area contributed by atoms with Gasteiger partial charge >= 0.3 is 5.76 Å². The van der Waals surface area contributed by atoms with Gasteiger partial charge in [0, 0.05) is 25.7 Å². The molecule has 0 N–H and O–H groups in total. The SMILES string of the molecule is CC1OC2(CC3CCC(C2)N3C(=O)c2ccccc2S(=O)(=O)C(F)F)CN(C)C1=O. The molecule has 1 spiro atoms. The van der Waals surface area contributed by atoms with E-state index in [1.54, 1.807) is 23.8 Å². The lowest BCUT2D eigenvalue weighted by Crippen LogP contribution is -2.63. The summed E-state index contributed by atoms with van der Waals surface area (Å²) >= 11 is 0. The third-order valence-electron chi connectivity index (χ3n) is 6.40. The molecule has 2 amide bonds. The smallest absolute Gasteiger partial charge is 0.341 e. The molecule has 3 atom stereocenters. The van der Waals surface area contributed by atoms with Gasteiger partial charge in [0.05, 0.1) is 16.1 Å². The number of alkyl halides is 2. The third-order valence-corrected chi connectivity index (χ3v) is 7.84. The number of hydrogen-bond donors (Lipinski definition) is 0. The lowest BCUT2D eigenvalue weighted by Gasteiger charge is -2.51. The number of morpholine rings is 1. The number of halogens is 2. The molecule has 0 aromatic heterocycles. The molecule has 1 aromatic rings. The molecule has 1 aromatic carbocycles. The largest absolute Gasteiger partial charge is 0.360 e. The van der Waals surface area contributed by atoms with E-state index in [1.165, 1.54) is 18.2 Å². The Hall–Kier alpha value is -2.07. The minimum Gasteiger partial charge on any atom is -0.360 e. The highest BCUT2D eigenvalue weighted by molar-refractivity contribution is 7.91. The summed E-state index contributed by atoms with van der Waals surface area (Å²) in [7, 11) is -3.17. The van der Waals surface area contributed by atoms with Gasteiger partial charge in [-0.15, -0.1) is 0 Å². The summed E-state index contributed by atoms with van der Waals surface area (Å²) in [6.45, 7) is 2.15. The minimum atomic E-state index is -4.90. The van der Waals surface area contributed by atoms with E-state index in [-0.39, 0.29) is 23.6 Å². The van der Waals surface area contributed by atoms with E-state index in [0.29, 0.717) is 19.4 Å². The van der Waals surface area contributed by atoms with E-state index in [1.807, 2.05) is 0 Å². The first-order valence-corrected chi connectivity index (χ1v) is 11.5. The number of likely N-dealkylation sites (N-methyl/N-ethyl adjacent to an activating group) is 1. The van der Waals surface area contributed by atoms with Crippen molar-refractivity contribution in [1.29, 1.82) is 0 Å². The fourth-order valence-electron chi connectivity index (χ4n) is 5.27. The van der Waals surface area contributed by atoms with Crippen LogP contribution in [-0.2, 0) is 19.4 Å². The number of fused-ring (bicyclic) bond motifs is 2. The summed E-state index contributed by atoms with van der Waals surface area (Å²) in [5.74, 6) is -4.24. The Morgan fingerprint density at radius 1 is 1.20 bits per heavy atom. The maximum absolute atomic E-state index is 13.3. The molecule has 3 aliphatic rings. The number of ether oxygens (including phenoxy) is 1. The Balaban J connectivity index is 1.63. The van der Waals surface area contributed by atoms with E-state index in [2.05, 4.69) is 0 Å². The van der Waals surface area contributed by atoms with Crippen LogP contribution in [0.2, 0.25) is 0 Å². The predicted molar refractivity (Wildman–Crippen MR) is 103 cm³/mol. The Morgan fingerprint density at radius 2 is 1.80 bits per heavy atom. The van der Waals surface area contributed by atoms with Gasteiger partial charge in [-0.1, -0.05) is 12.1 Å². The third kappa shape index (κ3) is 3.30. The maximum Gasteiger partial charge on any atom is 0.341 e. The number of rotatable bonds is 3. The first-order valence-electron chi connectivity index (χ1n) is 9.92. The van der Waals surface area contributed by atoms with Crippen LogP contribution in [0.4, 0.5) is 8.78 Å². The van der Waals surface area contributed by atoms with Crippen LogP contribution < -0.4 is 0 Å². The summed E-state index contributed by atoms with van der Waals surface area (Å²) in [5, 5.41) is 0. The van der Waals surface area contributed by atoms with Gasteiger partial charge in [0.2, 0.25) is 9.84 Å². The van der Waals surface area contributed by atoms with E-state index in [0.717, 1.165) is 18.9 Å². The van der Waals surface area contributed by atoms with Gasteiger partial charge in [0.15, 0.2) is 0 Å². The Kier molecular flexibility index (Phi) is 5.13. The fourth-order valence-corrected chi connectivity index (χ4v) is 6.19. The maximum atomic E-state index is 13.3. The summed E-state index contributed by atoms with van der Waals surface area (Å²) in [6.07, 6.45) is 1.90. The van der Waals surface area contributed by atoms with E-state index in [9.17, 15) is 26.8 Å². The number of hydrogen-bond acceptors (Lipinski definition) is 5. The molecular weight excluding hydrogens is 418 g/mol. The number of nitrogens with zero attached hydrogens (tertiary/aromatic N) is 2. The molecule has 3 aliphatic heterocycles. The molecule has 164 valence electrons. The molecule has 3 fully saturated rings. The van der Waals surface area contributed by atoms with Crippen molar-refractivity contribution < 1.29 is 31.5 Å². The van der Waals surface area contributed by atoms with Crippen molar-refractivity contribution in [3.8, 4) is 0 Å². The zero-order chi connectivity index (χ0) is 21.8. The standard InChI is InChI=1S/C20H24F2N2O5S/c1-12-17(25)23(2)11-20(29-12)9-13-7-8-14(10-20)24(13)18(26)15-5-3-4-6-16(15)30(27,28)19(21)22/h3-6,12-14,19H,7-11H2,1-2H3. The van der Waals surface area contributed by atoms with Gasteiger partial charge in [-0.2, -0.15) is 8.78 Å². The molecule has 3 saturated heterocycles. The molecule has 0 saturated carbocycles. The average Bonchev–Trinajstić information content (AvgIpc) is 2.97. The molecule has 4 rings (SSSR count). The van der Waals surface area contributed by atoms with Crippen molar-refractivity contribution in [1.82, 2.24) is 9.80 Å². The lowest BCUT2D eigenvalue weighted by atomic mass is 9.83. The molecule has 10 heteroatoms. The quantitative estimate of drug-likeness (QED) is 0.716. The van der Waals surface area contributed by atoms with Gasteiger partial charge in [-0.05, 0) is 44.7 Å². The number of carbonyl (C=O) groups is 2. The molecule has 30 heavy (non-hydrogen) atoms. The van der Waals surface area contributed by atoms with Crippen molar-refractivity contribution in [2.45, 2.75) is 67.0 Å². The van der Waals surface area contributed by atoms with Gasteiger partial charge in [-0.25, -0.2) is 8.42 Å². The van der Waals surface area contributed by atoms with Crippen molar-refractivity contribution in [3.05, 3.63) is 29.8 Å². The highest BCUT2D eigenvalue weighted by Crippen LogP contribution is 2.45. The topological polar surface area (TPSA) is 84.0 Å². The van der Waals surface area contributed by atoms with Crippen LogP contribution in [-0.4, -0.2) is 73.2 Å². The van der Waals surface area contributed by atoms with E-state index in [4.69, 9.17) is 4.74 Å². The second kappa shape index (κ2) is 7.26. The van der Waals surface area contributed by atoms with Gasteiger partial charge in [0.25, 0.3) is 11.8 Å². The molecular formula is C20H24F2N2O5S. The summed E-state index contributed by atoms with van der Waals surface area (Å²) in [5.41, 5.74) is -0.782. The number of piperidine rings is 1. The summed E-state index contributed by atoms with van der Waals surface area (Å²) < 4.78 is 56.5. The number of benzene rings is 1. The predicted octanol–water partition coefficient (Wildman–Crippen LogP) is 2.07. The van der Waals surface area contributed by atoms with Crippen LogP contribution in [0.3, 0.4) is 0 Å². The normalized spacial score (nSPS) is 31.6. The molecule has 7 nitrogen and oxygen atoms in total. The highest BCUT2D eigenvalue weighted by atomic mass is 32.2. The van der Waals surface area contributed by atoms with Gasteiger partial charge < -0.3 is 14.5 Å². The summed E-state index contributed by atoms with van der Waals surface area (Å²) in [6, 6.07) is 4.73. The van der Waals surface area contributed by atoms with Crippen LogP contribution in [0.1, 0.15) is 43.0 Å². The van der Waals surface area contributed by atoms with Crippen LogP contribution in [0.25, 0.3) is 0 Å². The number of carbonyl (C=O) groups excluding carboxylic acids is 2. The fraction of sp³-hybridized carbons (Fsp3) is 0.600. The second-order valence-electron chi connectivity index (χ2n) is 8.44. The van der Waals surface area contributed by atoms with E-state index >= 15 is 0 Å². The first-order chi connectivity index (χ1) is 14.1. The highest BCUT2D eigenvalue weighted by Gasteiger charge is 2.54. The zero-order valence-corrected chi connectivity index (χ0v) is 17.6. The van der Waals surface area contributed by atoms with Crippen molar-refractivity contribution >= 4 is 21.7 Å². The Labute approximate surface area is 173 Å². The van der Waals surface area contributed by atoms with Crippen molar-refractivity contribution in [3.63, 3.8) is 0 Å². The van der Waals surface area contributed by atoms with Crippen molar-refractivity contribution in [2.75, 3.05) is 13.6 Å². The number of amides is 2. The Bertz CT molecular complexity index is 953. The van der Waals surface area contributed by atoms with Gasteiger partial charge in [0.1, 0.15) is 6.10 Å². The second-order valence-corrected chi connectivity index (χ2v) is 10.3. The minimum absolute atomic E-state index is 0.0855. The van der Waals surface area contributed by atoms with Crippen LogP contribution >= 0.6 is 0 Å². The van der Waals surface area contributed by atoms with Crippen molar-refractivity contribution in [2.24, 2.45) is 0 Å². The van der Waals surface area contributed by atoms with Gasteiger partial charge in [-0.3, -0.25) is 9.59 Å². The average molecular weight is 442 g/mol.